The molecule has 0 saturated carbocycles. The number of benzene rings is 1. The smallest absolute Gasteiger partial charge is 0.264 e. The number of hydrogen-bond acceptors (Lipinski definition) is 6. The van der Waals surface area contributed by atoms with Gasteiger partial charge in [-0.15, -0.1) is 0 Å². The summed E-state index contributed by atoms with van der Waals surface area (Å²) < 4.78 is 11.6. The zero-order chi connectivity index (χ0) is 20.8. The Kier molecular flexibility index (Phi) is 7.12. The summed E-state index contributed by atoms with van der Waals surface area (Å²) in [5, 5.41) is 3.60. The number of unbranched alkanes of at least 4 members (excludes halogenated alkanes) is 3. The van der Waals surface area contributed by atoms with Crippen molar-refractivity contribution in [2.45, 2.75) is 51.2 Å². The van der Waals surface area contributed by atoms with E-state index in [2.05, 4.69) is 46.4 Å². The van der Waals surface area contributed by atoms with Crippen molar-refractivity contribution in [2.75, 3.05) is 37.7 Å². The summed E-state index contributed by atoms with van der Waals surface area (Å²) in [5.41, 5.74) is 2.22. The van der Waals surface area contributed by atoms with Crippen molar-refractivity contribution >= 4 is 34.6 Å². The molecule has 1 N–H and O–H groups in total. The zero-order valence-electron chi connectivity index (χ0n) is 17.7. The Bertz CT molecular complexity index is 790. The van der Waals surface area contributed by atoms with E-state index in [4.69, 9.17) is 9.47 Å². The number of amidine groups is 1. The molecule has 162 valence electrons. The van der Waals surface area contributed by atoms with Crippen LogP contribution in [0.15, 0.2) is 34.2 Å². The molecule has 0 bridgehead atoms. The molecule has 3 saturated heterocycles. The molecule has 3 heterocycles. The van der Waals surface area contributed by atoms with Gasteiger partial charge in [-0.05, 0) is 42.0 Å². The second-order valence-electron chi connectivity index (χ2n) is 8.00. The molecule has 1 amide bonds. The highest BCUT2D eigenvalue weighted by Crippen LogP contribution is 2.33. The molecule has 1 aromatic rings. The molecule has 3 aliphatic rings. The van der Waals surface area contributed by atoms with E-state index in [1.165, 1.54) is 36.7 Å². The Morgan fingerprint density at radius 2 is 1.87 bits per heavy atom. The number of hydrogen-bond donors (Lipinski definition) is 1. The minimum absolute atomic E-state index is 0.0609. The second-order valence-corrected chi connectivity index (χ2v) is 9.03. The quantitative estimate of drug-likeness (QED) is 0.521. The van der Waals surface area contributed by atoms with Gasteiger partial charge < -0.3 is 19.7 Å². The predicted molar refractivity (Wildman–Crippen MR) is 123 cm³/mol. The van der Waals surface area contributed by atoms with E-state index in [1.807, 2.05) is 6.08 Å². The standard InChI is InChI=1S/C23H31N3O3S/c1-2-3-4-5-12-24-22-25-21(27)20(30-22)17-18-6-8-19(9-7-18)26-13-10-23(11-14-26)28-15-16-29-23/h6-9,17H,2-5,10-16H2,1H3,(H,24,25,27). The maximum Gasteiger partial charge on any atom is 0.264 e. The number of thioether (sulfide) groups is 1. The van der Waals surface area contributed by atoms with Crippen molar-refractivity contribution in [3.05, 3.63) is 34.7 Å². The Balaban J connectivity index is 1.31. The van der Waals surface area contributed by atoms with Gasteiger partial charge in [0.1, 0.15) is 0 Å². The van der Waals surface area contributed by atoms with Gasteiger partial charge in [0.2, 0.25) is 0 Å². The number of amides is 1. The number of nitrogens with zero attached hydrogens (tertiary/aromatic N) is 2. The van der Waals surface area contributed by atoms with Crippen molar-refractivity contribution in [1.29, 1.82) is 0 Å². The maximum atomic E-state index is 12.2. The van der Waals surface area contributed by atoms with Gasteiger partial charge in [0.05, 0.1) is 18.1 Å². The minimum atomic E-state index is -0.344. The van der Waals surface area contributed by atoms with E-state index in [1.54, 1.807) is 0 Å². The summed E-state index contributed by atoms with van der Waals surface area (Å²) >= 11 is 1.43. The Morgan fingerprint density at radius 1 is 1.13 bits per heavy atom. The van der Waals surface area contributed by atoms with Gasteiger partial charge in [-0.2, -0.15) is 0 Å². The van der Waals surface area contributed by atoms with Crippen LogP contribution in [-0.4, -0.2) is 49.7 Å². The first-order valence-corrected chi connectivity index (χ1v) is 11.9. The highest BCUT2D eigenvalue weighted by molar-refractivity contribution is 8.18. The average molecular weight is 430 g/mol. The van der Waals surface area contributed by atoms with Crippen molar-refractivity contribution < 1.29 is 14.3 Å². The lowest BCUT2D eigenvalue weighted by molar-refractivity contribution is -0.169. The first kappa shape index (κ1) is 21.4. The van der Waals surface area contributed by atoms with Gasteiger partial charge in [-0.25, -0.2) is 0 Å². The van der Waals surface area contributed by atoms with Crippen LogP contribution >= 0.6 is 11.8 Å². The largest absolute Gasteiger partial charge is 0.371 e. The molecule has 3 aliphatic heterocycles. The maximum absolute atomic E-state index is 12.2. The number of carbonyl (C=O) groups excluding carboxylic acids is 1. The number of anilines is 1. The number of rotatable bonds is 7. The topological polar surface area (TPSA) is 63.2 Å². The Hall–Kier alpha value is -1.83. The predicted octanol–water partition coefficient (Wildman–Crippen LogP) is 4.17. The summed E-state index contributed by atoms with van der Waals surface area (Å²) in [6.07, 6.45) is 8.46. The van der Waals surface area contributed by atoms with E-state index < -0.39 is 0 Å². The zero-order valence-corrected chi connectivity index (χ0v) is 18.5. The number of carbonyl (C=O) groups is 1. The third-order valence-corrected chi connectivity index (χ3v) is 6.76. The summed E-state index contributed by atoms with van der Waals surface area (Å²) in [7, 11) is 0. The van der Waals surface area contributed by atoms with Crippen LogP contribution in [0, 0.1) is 0 Å². The number of aliphatic imine (C=N–C) groups is 1. The molecule has 6 nitrogen and oxygen atoms in total. The van der Waals surface area contributed by atoms with E-state index >= 15 is 0 Å². The number of nitrogens with one attached hydrogen (secondary N) is 1. The molecular weight excluding hydrogens is 398 g/mol. The molecule has 4 rings (SSSR count). The number of ether oxygens (including phenoxy) is 2. The molecule has 1 spiro atoms. The monoisotopic (exact) mass is 429 g/mol. The van der Waals surface area contributed by atoms with Crippen molar-refractivity contribution in [3.63, 3.8) is 0 Å². The fraction of sp³-hybridized carbons (Fsp3) is 0.565. The second kappa shape index (κ2) is 9.98. The molecule has 1 aromatic carbocycles. The highest BCUT2D eigenvalue weighted by Gasteiger charge is 2.39. The van der Waals surface area contributed by atoms with Gasteiger partial charge in [0.15, 0.2) is 11.0 Å². The lowest BCUT2D eigenvalue weighted by Gasteiger charge is -2.38. The number of piperidine rings is 1. The van der Waals surface area contributed by atoms with Gasteiger partial charge in [-0.3, -0.25) is 9.79 Å². The van der Waals surface area contributed by atoms with Crippen LogP contribution in [0.2, 0.25) is 0 Å². The molecule has 0 unspecified atom stereocenters. The summed E-state index contributed by atoms with van der Waals surface area (Å²) in [4.78, 5) is 19.8. The lowest BCUT2D eigenvalue weighted by Crippen LogP contribution is -2.45. The lowest BCUT2D eigenvalue weighted by atomic mass is 10.0. The van der Waals surface area contributed by atoms with Gasteiger partial charge in [0.25, 0.3) is 5.91 Å². The third-order valence-electron chi connectivity index (χ3n) is 5.81. The first-order valence-electron chi connectivity index (χ1n) is 11.1. The fourth-order valence-corrected chi connectivity index (χ4v) is 4.89. The van der Waals surface area contributed by atoms with Crippen molar-refractivity contribution in [3.8, 4) is 0 Å². The summed E-state index contributed by atoms with van der Waals surface area (Å²) in [5.74, 6) is -0.405. The van der Waals surface area contributed by atoms with E-state index in [9.17, 15) is 4.79 Å². The molecule has 30 heavy (non-hydrogen) atoms. The SMILES string of the molecule is CCCCCCN=C1NC(=O)C(=Cc2ccc(N3CCC4(CC3)OCCO4)cc2)S1. The molecule has 0 atom stereocenters. The normalized spacial score (nSPS) is 23.6. The van der Waals surface area contributed by atoms with E-state index in [0.29, 0.717) is 18.1 Å². The first-order chi connectivity index (χ1) is 14.7. The van der Waals surface area contributed by atoms with Gasteiger partial charge in [0, 0.05) is 38.2 Å². The summed E-state index contributed by atoms with van der Waals surface area (Å²) in [6, 6.07) is 8.40. The molecule has 7 heteroatoms. The van der Waals surface area contributed by atoms with E-state index in [-0.39, 0.29) is 11.7 Å². The van der Waals surface area contributed by atoms with Gasteiger partial charge in [-0.1, -0.05) is 38.3 Å². The summed E-state index contributed by atoms with van der Waals surface area (Å²) in [6.45, 7) is 6.25. The Labute approximate surface area is 183 Å². The Morgan fingerprint density at radius 3 is 2.57 bits per heavy atom. The average Bonchev–Trinajstić information content (AvgIpc) is 3.36. The molecule has 0 aromatic heterocycles. The van der Waals surface area contributed by atoms with Crippen LogP contribution in [-0.2, 0) is 14.3 Å². The van der Waals surface area contributed by atoms with Crippen molar-refractivity contribution in [1.82, 2.24) is 5.32 Å². The molecule has 3 fully saturated rings. The minimum Gasteiger partial charge on any atom is -0.371 e. The molecule has 0 radical (unpaired) electrons. The van der Waals surface area contributed by atoms with Crippen LogP contribution < -0.4 is 10.2 Å². The molecule has 0 aliphatic carbocycles. The van der Waals surface area contributed by atoms with E-state index in [0.717, 1.165) is 49.6 Å². The van der Waals surface area contributed by atoms with Gasteiger partial charge >= 0.3 is 0 Å². The molecular formula is C23H31N3O3S. The van der Waals surface area contributed by atoms with Crippen LogP contribution in [0.5, 0.6) is 0 Å². The van der Waals surface area contributed by atoms with Crippen LogP contribution in [0.1, 0.15) is 51.0 Å². The van der Waals surface area contributed by atoms with Crippen molar-refractivity contribution in [2.24, 2.45) is 4.99 Å². The van der Waals surface area contributed by atoms with Crippen LogP contribution in [0.3, 0.4) is 0 Å². The van der Waals surface area contributed by atoms with Crippen LogP contribution in [0.25, 0.3) is 6.08 Å². The fourth-order valence-electron chi connectivity index (χ4n) is 4.04. The highest BCUT2D eigenvalue weighted by atomic mass is 32.2. The van der Waals surface area contributed by atoms with Crippen LogP contribution in [0.4, 0.5) is 5.69 Å². The third kappa shape index (κ3) is 5.25.